The van der Waals surface area contributed by atoms with Crippen molar-refractivity contribution >= 4 is 5.96 Å². The van der Waals surface area contributed by atoms with Crippen LogP contribution in [0, 0.1) is 13.8 Å². The van der Waals surface area contributed by atoms with Gasteiger partial charge in [-0.15, -0.1) is 0 Å². The first-order valence-corrected chi connectivity index (χ1v) is 9.31. The van der Waals surface area contributed by atoms with E-state index in [1.807, 2.05) is 32.5 Å². The molecular weight excluding hydrogens is 358 g/mol. The lowest BCUT2D eigenvalue weighted by Gasteiger charge is -2.17. The van der Waals surface area contributed by atoms with Gasteiger partial charge in [-0.1, -0.05) is 0 Å². The monoisotopic (exact) mass is 389 g/mol. The van der Waals surface area contributed by atoms with Gasteiger partial charge in [-0.2, -0.15) is 5.10 Å². The first-order valence-electron chi connectivity index (χ1n) is 9.31. The SMILES string of the molecule is CCNC(=NCc1c(C)nn(C)c1C)NCC(O)c1cc(OC)cc(OC)c1. The number of aromatic nitrogens is 2. The van der Waals surface area contributed by atoms with Gasteiger partial charge in [0.15, 0.2) is 5.96 Å². The van der Waals surface area contributed by atoms with E-state index in [9.17, 15) is 5.11 Å². The molecule has 3 N–H and O–H groups in total. The van der Waals surface area contributed by atoms with E-state index >= 15 is 0 Å². The highest BCUT2D eigenvalue weighted by molar-refractivity contribution is 5.79. The number of nitrogens with zero attached hydrogens (tertiary/aromatic N) is 3. The Morgan fingerprint density at radius 1 is 1.18 bits per heavy atom. The van der Waals surface area contributed by atoms with Gasteiger partial charge in [-0.05, 0) is 38.5 Å². The van der Waals surface area contributed by atoms with Crippen LogP contribution in [0.3, 0.4) is 0 Å². The molecule has 0 aliphatic rings. The fourth-order valence-electron chi connectivity index (χ4n) is 2.88. The topological polar surface area (TPSA) is 92.9 Å². The Balaban J connectivity index is 2.08. The van der Waals surface area contributed by atoms with Crippen molar-refractivity contribution in [2.45, 2.75) is 33.4 Å². The number of aryl methyl sites for hydroxylation is 2. The summed E-state index contributed by atoms with van der Waals surface area (Å²) in [5.41, 5.74) is 3.89. The van der Waals surface area contributed by atoms with Gasteiger partial charge in [0, 0.05) is 37.5 Å². The lowest BCUT2D eigenvalue weighted by atomic mass is 10.1. The molecule has 0 radical (unpaired) electrons. The van der Waals surface area contributed by atoms with E-state index in [1.54, 1.807) is 32.4 Å². The molecule has 1 aromatic carbocycles. The van der Waals surface area contributed by atoms with Crippen LogP contribution in [0.15, 0.2) is 23.2 Å². The van der Waals surface area contributed by atoms with Gasteiger partial charge in [0.1, 0.15) is 11.5 Å². The third-order valence-electron chi connectivity index (χ3n) is 4.62. The van der Waals surface area contributed by atoms with Crippen LogP contribution in [0.2, 0.25) is 0 Å². The minimum atomic E-state index is -0.741. The minimum absolute atomic E-state index is 0.299. The van der Waals surface area contributed by atoms with Gasteiger partial charge < -0.3 is 25.2 Å². The van der Waals surface area contributed by atoms with Crippen LogP contribution in [0.1, 0.15) is 35.5 Å². The average molecular weight is 390 g/mol. The van der Waals surface area contributed by atoms with Crippen LogP contribution in [0.5, 0.6) is 11.5 Å². The van der Waals surface area contributed by atoms with Gasteiger partial charge in [0.05, 0.1) is 32.6 Å². The maximum absolute atomic E-state index is 10.6. The van der Waals surface area contributed by atoms with Crippen molar-refractivity contribution in [1.29, 1.82) is 0 Å². The molecule has 0 bridgehead atoms. The molecule has 1 heterocycles. The van der Waals surface area contributed by atoms with Crippen LogP contribution in [0.25, 0.3) is 0 Å². The Labute approximate surface area is 166 Å². The minimum Gasteiger partial charge on any atom is -0.497 e. The van der Waals surface area contributed by atoms with Gasteiger partial charge in [-0.25, -0.2) is 4.99 Å². The molecule has 0 amide bonds. The number of aliphatic hydroxyl groups is 1. The maximum Gasteiger partial charge on any atom is 0.191 e. The number of aliphatic imine (C=N–C) groups is 1. The highest BCUT2D eigenvalue weighted by Gasteiger charge is 2.13. The highest BCUT2D eigenvalue weighted by atomic mass is 16.5. The third-order valence-corrected chi connectivity index (χ3v) is 4.62. The second-order valence-electron chi connectivity index (χ2n) is 6.51. The number of methoxy groups -OCH3 is 2. The number of ether oxygens (including phenoxy) is 2. The number of guanidine groups is 1. The molecule has 0 aliphatic carbocycles. The van der Waals surface area contributed by atoms with Gasteiger partial charge in [-0.3, -0.25) is 4.68 Å². The summed E-state index contributed by atoms with van der Waals surface area (Å²) in [7, 11) is 5.10. The zero-order valence-corrected chi connectivity index (χ0v) is 17.5. The second kappa shape index (κ2) is 9.98. The predicted octanol–water partition coefficient (Wildman–Crippen LogP) is 1.84. The summed E-state index contributed by atoms with van der Waals surface area (Å²) >= 11 is 0. The summed E-state index contributed by atoms with van der Waals surface area (Å²) in [5.74, 6) is 1.91. The molecule has 0 aliphatic heterocycles. The Hall–Kier alpha value is -2.74. The predicted molar refractivity (Wildman–Crippen MR) is 110 cm³/mol. The largest absolute Gasteiger partial charge is 0.497 e. The Morgan fingerprint density at radius 2 is 1.82 bits per heavy atom. The van der Waals surface area contributed by atoms with Crippen molar-refractivity contribution in [3.63, 3.8) is 0 Å². The van der Waals surface area contributed by atoms with Crippen LogP contribution in [-0.2, 0) is 13.6 Å². The fourth-order valence-corrected chi connectivity index (χ4v) is 2.88. The quantitative estimate of drug-likeness (QED) is 0.471. The summed E-state index contributed by atoms with van der Waals surface area (Å²) in [6.45, 7) is 7.56. The smallest absolute Gasteiger partial charge is 0.191 e. The lowest BCUT2D eigenvalue weighted by Crippen LogP contribution is -2.39. The molecule has 0 fully saturated rings. The fraction of sp³-hybridized carbons (Fsp3) is 0.500. The van der Waals surface area contributed by atoms with E-state index in [1.165, 1.54) is 0 Å². The average Bonchev–Trinajstić information content (AvgIpc) is 2.94. The molecule has 0 spiro atoms. The van der Waals surface area contributed by atoms with Crippen molar-refractivity contribution in [1.82, 2.24) is 20.4 Å². The van der Waals surface area contributed by atoms with E-state index in [4.69, 9.17) is 9.47 Å². The summed E-state index contributed by atoms with van der Waals surface area (Å²) in [5, 5.41) is 21.4. The van der Waals surface area contributed by atoms with Gasteiger partial charge in [0.25, 0.3) is 0 Å². The van der Waals surface area contributed by atoms with Crippen LogP contribution in [-0.4, -0.2) is 48.2 Å². The number of hydrogen-bond acceptors (Lipinski definition) is 5. The molecule has 0 saturated carbocycles. The van der Waals surface area contributed by atoms with Gasteiger partial charge in [0.2, 0.25) is 0 Å². The second-order valence-corrected chi connectivity index (χ2v) is 6.51. The summed E-state index contributed by atoms with van der Waals surface area (Å²) in [4.78, 5) is 4.63. The molecular formula is C20H31N5O3. The first-order chi connectivity index (χ1) is 13.4. The molecule has 8 nitrogen and oxygen atoms in total. The summed E-state index contributed by atoms with van der Waals surface area (Å²) in [6.07, 6.45) is -0.741. The molecule has 1 atom stereocenters. The molecule has 28 heavy (non-hydrogen) atoms. The molecule has 8 heteroatoms. The Bertz CT molecular complexity index is 794. The van der Waals surface area contributed by atoms with Crippen LogP contribution >= 0.6 is 0 Å². The van der Waals surface area contributed by atoms with Crippen molar-refractivity contribution in [3.8, 4) is 11.5 Å². The maximum atomic E-state index is 10.6. The third kappa shape index (κ3) is 5.39. The zero-order valence-electron chi connectivity index (χ0n) is 17.5. The van der Waals surface area contributed by atoms with E-state index in [-0.39, 0.29) is 0 Å². The number of hydrogen-bond donors (Lipinski definition) is 3. The number of nitrogens with one attached hydrogen (secondary N) is 2. The van der Waals surface area contributed by atoms with E-state index in [0.29, 0.717) is 36.1 Å². The number of rotatable bonds is 8. The molecule has 154 valence electrons. The Morgan fingerprint density at radius 3 is 2.32 bits per heavy atom. The van der Waals surface area contributed by atoms with Crippen molar-refractivity contribution < 1.29 is 14.6 Å². The van der Waals surface area contributed by atoms with Crippen LogP contribution in [0.4, 0.5) is 0 Å². The number of aliphatic hydroxyl groups excluding tert-OH is 1. The molecule has 1 unspecified atom stereocenters. The highest BCUT2D eigenvalue weighted by Crippen LogP contribution is 2.26. The number of benzene rings is 1. The molecule has 2 rings (SSSR count). The Kier molecular flexibility index (Phi) is 7.69. The standard InChI is InChI=1S/C20H31N5O3/c1-7-21-20(22-11-18-13(2)24-25(4)14(18)3)23-12-19(26)15-8-16(27-5)10-17(9-15)28-6/h8-10,19,26H,7,11-12H2,1-6H3,(H2,21,22,23). The van der Waals surface area contributed by atoms with E-state index < -0.39 is 6.10 Å². The lowest BCUT2D eigenvalue weighted by molar-refractivity contribution is 0.180. The van der Waals surface area contributed by atoms with Crippen molar-refractivity contribution in [2.75, 3.05) is 27.3 Å². The normalized spacial score (nSPS) is 12.6. The summed E-state index contributed by atoms with van der Waals surface area (Å²) < 4.78 is 12.4. The zero-order chi connectivity index (χ0) is 20.7. The molecule has 1 aromatic heterocycles. The molecule has 2 aromatic rings. The van der Waals surface area contributed by atoms with Crippen LogP contribution < -0.4 is 20.1 Å². The van der Waals surface area contributed by atoms with Crippen molar-refractivity contribution in [3.05, 3.63) is 40.7 Å². The summed E-state index contributed by atoms with van der Waals surface area (Å²) in [6, 6.07) is 5.36. The van der Waals surface area contributed by atoms with E-state index in [2.05, 4.69) is 20.7 Å². The first kappa shape index (κ1) is 21.6. The van der Waals surface area contributed by atoms with E-state index in [0.717, 1.165) is 23.5 Å². The molecule has 0 saturated heterocycles. The van der Waals surface area contributed by atoms with Gasteiger partial charge >= 0.3 is 0 Å². The van der Waals surface area contributed by atoms with Crippen molar-refractivity contribution in [2.24, 2.45) is 12.0 Å².